The number of rotatable bonds is 2. The lowest BCUT2D eigenvalue weighted by atomic mass is 10.1. The van der Waals surface area contributed by atoms with Crippen molar-refractivity contribution in [2.24, 2.45) is 4.66 Å². The van der Waals surface area contributed by atoms with Crippen molar-refractivity contribution in [1.82, 2.24) is 9.13 Å². The van der Waals surface area contributed by atoms with E-state index in [2.05, 4.69) is 104 Å². The monoisotopic (exact) mass is 373 g/mol. The normalized spacial score (nSPS) is 17.5. The van der Waals surface area contributed by atoms with Gasteiger partial charge in [-0.2, -0.15) is 0 Å². The van der Waals surface area contributed by atoms with Gasteiger partial charge < -0.3 is 9.13 Å². The van der Waals surface area contributed by atoms with Crippen LogP contribution in [-0.4, -0.2) is 17.4 Å². The van der Waals surface area contributed by atoms with Crippen molar-refractivity contribution >= 4 is 8.24 Å². The van der Waals surface area contributed by atoms with Crippen LogP contribution in [0, 0.1) is 0 Å². The largest absolute Gasteiger partial charge is 0.313 e. The summed E-state index contributed by atoms with van der Waals surface area (Å²) in [4.78, 5) is 0. The van der Waals surface area contributed by atoms with Gasteiger partial charge in [-0.05, 0) is 93.5 Å². The number of aromatic nitrogens is 2. The zero-order chi connectivity index (χ0) is 20.2. The predicted octanol–water partition coefficient (Wildman–Crippen LogP) is 5.96. The quantitative estimate of drug-likeness (QED) is 0.571. The molecule has 26 heavy (non-hydrogen) atoms. The van der Waals surface area contributed by atoms with E-state index in [4.69, 9.17) is 4.66 Å². The van der Waals surface area contributed by atoms with Crippen molar-refractivity contribution in [3.8, 4) is 0 Å². The first-order valence-corrected chi connectivity index (χ1v) is 12.8. The van der Waals surface area contributed by atoms with Gasteiger partial charge in [-0.25, -0.2) is 0 Å². The van der Waals surface area contributed by atoms with E-state index in [1.54, 1.807) is 0 Å². The Morgan fingerprint density at radius 2 is 1.12 bits per heavy atom. The molecule has 0 bridgehead atoms. The summed E-state index contributed by atoms with van der Waals surface area (Å²) in [7, 11) is -1.94. The molecule has 0 aliphatic heterocycles. The summed E-state index contributed by atoms with van der Waals surface area (Å²) in [6.45, 7) is 27.5. The molecule has 146 valence electrons. The smallest absolute Gasteiger partial charge is 0.196 e. The number of hydrogen-bond donors (Lipinski definition) is 0. The van der Waals surface area contributed by atoms with Gasteiger partial charge in [0.25, 0.3) is 0 Å². The average Bonchev–Trinajstić information content (AvgIpc) is 2.94. The molecule has 4 heteroatoms. The standard InChI is InChI=1S/C22H39N3Si/c1-15-16(2)18(4)19(17(15)3)26(11,12)23-20-24(21(5,6)7)13-14-25(20)22(8,9)10/h13-14,19H,1-12H3. The maximum atomic E-state index is 5.53. The van der Waals surface area contributed by atoms with E-state index in [0.717, 1.165) is 5.62 Å². The molecule has 0 atom stereocenters. The topological polar surface area (TPSA) is 22.2 Å². The Morgan fingerprint density at radius 1 is 0.769 bits per heavy atom. The van der Waals surface area contributed by atoms with Gasteiger partial charge >= 0.3 is 0 Å². The van der Waals surface area contributed by atoms with Crippen molar-refractivity contribution in [2.75, 3.05) is 0 Å². The summed E-state index contributed by atoms with van der Waals surface area (Å²) in [6.07, 6.45) is 4.40. The molecule has 2 rings (SSSR count). The molecule has 0 radical (unpaired) electrons. The number of allylic oxidation sites excluding steroid dienone is 4. The highest BCUT2D eigenvalue weighted by atomic mass is 28.3. The fraction of sp³-hybridized carbons (Fsp3) is 0.682. The third-order valence-corrected chi connectivity index (χ3v) is 9.00. The fourth-order valence-electron chi connectivity index (χ4n) is 4.27. The zero-order valence-electron chi connectivity index (χ0n) is 19.1. The first-order valence-electron chi connectivity index (χ1n) is 9.81. The van der Waals surface area contributed by atoms with Gasteiger partial charge in [-0.1, -0.05) is 11.1 Å². The second kappa shape index (κ2) is 6.40. The molecule has 0 N–H and O–H groups in total. The highest BCUT2D eigenvalue weighted by Crippen LogP contribution is 2.46. The molecule has 1 aliphatic carbocycles. The van der Waals surface area contributed by atoms with Crippen molar-refractivity contribution in [3.63, 3.8) is 0 Å². The Kier molecular flexibility index (Phi) is 5.17. The molecule has 0 saturated heterocycles. The lowest BCUT2D eigenvalue weighted by Gasteiger charge is -2.31. The Morgan fingerprint density at radius 3 is 1.42 bits per heavy atom. The Hall–Kier alpha value is -1.29. The lowest BCUT2D eigenvalue weighted by Crippen LogP contribution is -2.44. The van der Waals surface area contributed by atoms with Crippen LogP contribution in [-0.2, 0) is 11.1 Å². The molecule has 1 heterocycles. The van der Waals surface area contributed by atoms with Crippen LogP contribution in [0.25, 0.3) is 0 Å². The number of hydrogen-bond acceptors (Lipinski definition) is 1. The highest BCUT2D eigenvalue weighted by Gasteiger charge is 2.40. The molecular weight excluding hydrogens is 334 g/mol. The first kappa shape index (κ1) is 21.0. The van der Waals surface area contributed by atoms with Crippen LogP contribution in [0.4, 0.5) is 0 Å². The fourth-order valence-corrected chi connectivity index (χ4v) is 7.68. The van der Waals surface area contributed by atoms with E-state index in [1.165, 1.54) is 22.3 Å². The Balaban J connectivity index is 2.75. The minimum atomic E-state index is -1.94. The van der Waals surface area contributed by atoms with E-state index in [9.17, 15) is 0 Å². The van der Waals surface area contributed by atoms with Crippen LogP contribution in [0.1, 0.15) is 69.2 Å². The highest BCUT2D eigenvalue weighted by molar-refractivity contribution is 6.78. The van der Waals surface area contributed by atoms with Gasteiger partial charge in [0.15, 0.2) is 13.9 Å². The minimum absolute atomic E-state index is 0.0110. The molecule has 0 fully saturated rings. The number of imidazole rings is 1. The van der Waals surface area contributed by atoms with Crippen LogP contribution in [0.3, 0.4) is 0 Å². The molecule has 0 aromatic carbocycles. The summed E-state index contributed by atoms with van der Waals surface area (Å²) >= 11 is 0. The molecular formula is C22H39N3Si. The third-order valence-electron chi connectivity index (χ3n) is 5.95. The second-order valence-electron chi connectivity index (χ2n) is 10.5. The van der Waals surface area contributed by atoms with Crippen LogP contribution in [0.2, 0.25) is 18.6 Å². The second-order valence-corrected chi connectivity index (χ2v) is 14.6. The third kappa shape index (κ3) is 3.57. The zero-order valence-corrected chi connectivity index (χ0v) is 20.1. The van der Waals surface area contributed by atoms with Gasteiger partial charge in [0.1, 0.15) is 0 Å². The van der Waals surface area contributed by atoms with E-state index in [0.29, 0.717) is 5.54 Å². The van der Waals surface area contributed by atoms with Crippen molar-refractivity contribution in [2.45, 2.75) is 99.0 Å². The van der Waals surface area contributed by atoms with Crippen molar-refractivity contribution < 1.29 is 0 Å². The Labute approximate surface area is 161 Å². The predicted molar refractivity (Wildman–Crippen MR) is 116 cm³/mol. The van der Waals surface area contributed by atoms with E-state index in [1.807, 2.05) is 0 Å². The van der Waals surface area contributed by atoms with Gasteiger partial charge in [-0.15, -0.1) is 0 Å². The van der Waals surface area contributed by atoms with Gasteiger partial charge in [0, 0.05) is 29.0 Å². The van der Waals surface area contributed by atoms with Crippen LogP contribution >= 0.6 is 0 Å². The van der Waals surface area contributed by atoms with Crippen LogP contribution in [0.5, 0.6) is 0 Å². The maximum Gasteiger partial charge on any atom is 0.196 e. The van der Waals surface area contributed by atoms with Gasteiger partial charge in [0.05, 0.1) is 0 Å². The summed E-state index contributed by atoms with van der Waals surface area (Å²) < 4.78 is 10.2. The van der Waals surface area contributed by atoms with Crippen molar-refractivity contribution in [3.05, 3.63) is 40.3 Å². The summed E-state index contributed by atoms with van der Waals surface area (Å²) in [6, 6.07) is 0. The molecule has 0 spiro atoms. The van der Waals surface area contributed by atoms with Crippen LogP contribution < -0.4 is 5.62 Å². The van der Waals surface area contributed by atoms with Gasteiger partial charge in [-0.3, -0.25) is 4.66 Å². The number of nitrogens with zero attached hydrogens (tertiary/aromatic N) is 3. The summed E-state index contributed by atoms with van der Waals surface area (Å²) in [5.74, 6) is 0. The average molecular weight is 374 g/mol. The SMILES string of the molecule is CC1=C(C)C([Si](C)(C)N=c2n(C(C)(C)C)ccn2C(C)(C)C)C(C)=C1C. The maximum absolute atomic E-state index is 5.53. The molecule has 1 aromatic heterocycles. The van der Waals surface area contributed by atoms with Crippen molar-refractivity contribution in [1.29, 1.82) is 0 Å². The summed E-state index contributed by atoms with van der Waals surface area (Å²) in [5.41, 5.74) is 7.63. The minimum Gasteiger partial charge on any atom is -0.313 e. The lowest BCUT2D eigenvalue weighted by molar-refractivity contribution is 0.337. The molecule has 1 aliphatic rings. The Bertz CT molecular complexity index is 771. The summed E-state index contributed by atoms with van der Waals surface area (Å²) in [5, 5.41) is 0. The molecule has 0 amide bonds. The van der Waals surface area contributed by atoms with Gasteiger partial charge in [0.2, 0.25) is 0 Å². The molecule has 0 saturated carbocycles. The van der Waals surface area contributed by atoms with Crippen LogP contribution in [0.15, 0.2) is 39.3 Å². The molecule has 3 nitrogen and oxygen atoms in total. The van der Waals surface area contributed by atoms with E-state index >= 15 is 0 Å². The van der Waals surface area contributed by atoms with E-state index < -0.39 is 8.24 Å². The first-order chi connectivity index (χ1) is 11.6. The molecule has 1 aromatic rings. The van der Waals surface area contributed by atoms with E-state index in [-0.39, 0.29) is 11.1 Å². The molecule has 0 unspecified atom stereocenters.